The van der Waals surface area contributed by atoms with Crippen molar-refractivity contribution in [2.45, 2.75) is 26.6 Å². The second-order valence-corrected chi connectivity index (χ2v) is 6.45. The van der Waals surface area contributed by atoms with Crippen LogP contribution in [0, 0.1) is 6.92 Å². The lowest BCUT2D eigenvalue weighted by molar-refractivity contribution is -0.138. The van der Waals surface area contributed by atoms with Crippen LogP contribution < -0.4 is 5.32 Å². The molecule has 0 aliphatic rings. The molecule has 31 heavy (non-hydrogen) atoms. The smallest absolute Gasteiger partial charge is 0.416 e. The van der Waals surface area contributed by atoms with E-state index in [4.69, 9.17) is 4.74 Å². The fourth-order valence-electron chi connectivity index (χ4n) is 2.62. The largest absolute Gasteiger partial charge is 0.463 e. The normalized spacial score (nSPS) is 11.6. The van der Waals surface area contributed by atoms with Crippen LogP contribution in [0.3, 0.4) is 0 Å². The number of aryl methyl sites for hydroxylation is 1. The van der Waals surface area contributed by atoms with Gasteiger partial charge < -0.3 is 10.1 Å². The Morgan fingerprint density at radius 1 is 1.23 bits per heavy atom. The molecule has 8 nitrogen and oxygen atoms in total. The first-order chi connectivity index (χ1) is 14.7. The Morgan fingerprint density at radius 3 is 2.77 bits per heavy atom. The molecular weight excluding hydrogens is 413 g/mol. The van der Waals surface area contributed by atoms with E-state index in [1.54, 1.807) is 31.3 Å². The molecule has 0 aliphatic heterocycles. The first kappa shape index (κ1) is 21.9. The first-order valence-electron chi connectivity index (χ1n) is 9.27. The maximum atomic E-state index is 12.9. The van der Waals surface area contributed by atoms with Gasteiger partial charge in [-0.2, -0.15) is 13.2 Å². The van der Waals surface area contributed by atoms with E-state index in [1.807, 2.05) is 6.92 Å². The quantitative estimate of drug-likeness (QED) is 0.447. The number of carbonyl (C=O) groups excluding carboxylic acids is 1. The zero-order valence-corrected chi connectivity index (χ0v) is 16.7. The van der Waals surface area contributed by atoms with Crippen molar-refractivity contribution in [1.29, 1.82) is 0 Å². The molecule has 0 unspecified atom stereocenters. The van der Waals surface area contributed by atoms with Gasteiger partial charge in [0.25, 0.3) is 0 Å². The number of halogens is 3. The van der Waals surface area contributed by atoms with E-state index in [0.29, 0.717) is 30.4 Å². The average molecular weight is 432 g/mol. The van der Waals surface area contributed by atoms with Crippen molar-refractivity contribution < 1.29 is 22.7 Å². The zero-order valence-electron chi connectivity index (χ0n) is 16.7. The van der Waals surface area contributed by atoms with Gasteiger partial charge in [-0.3, -0.25) is 0 Å². The highest BCUT2D eigenvalue weighted by Gasteiger charge is 2.30. The van der Waals surface area contributed by atoms with E-state index < -0.39 is 17.7 Å². The van der Waals surface area contributed by atoms with E-state index in [9.17, 15) is 18.0 Å². The lowest BCUT2D eigenvalue weighted by Gasteiger charge is -2.10. The van der Waals surface area contributed by atoms with Gasteiger partial charge in [-0.15, -0.1) is 5.10 Å². The van der Waals surface area contributed by atoms with Gasteiger partial charge in [-0.05, 0) is 43.7 Å². The number of rotatable bonds is 7. The second-order valence-electron chi connectivity index (χ2n) is 6.45. The van der Waals surface area contributed by atoms with Gasteiger partial charge in [0, 0.05) is 12.3 Å². The van der Waals surface area contributed by atoms with Crippen LogP contribution in [0.5, 0.6) is 0 Å². The number of alkyl halides is 3. The number of hydrogen-bond donors (Lipinski definition) is 1. The van der Waals surface area contributed by atoms with Gasteiger partial charge in [0.2, 0.25) is 0 Å². The van der Waals surface area contributed by atoms with Crippen LogP contribution >= 0.6 is 0 Å². The summed E-state index contributed by atoms with van der Waals surface area (Å²) >= 11 is 0. The predicted octanol–water partition coefficient (Wildman–Crippen LogP) is 3.93. The average Bonchev–Trinajstić information content (AvgIpc) is 3.16. The Balaban J connectivity index is 1.76. The van der Waals surface area contributed by atoms with E-state index in [1.165, 1.54) is 10.8 Å². The Labute approximate surface area is 175 Å². The molecule has 3 aromatic rings. The Morgan fingerprint density at radius 2 is 2.03 bits per heavy atom. The number of pyridine rings is 2. The minimum atomic E-state index is -4.47. The van der Waals surface area contributed by atoms with Crippen molar-refractivity contribution >= 4 is 17.6 Å². The number of hydrogen-bond acceptors (Lipinski definition) is 7. The molecular formula is C20H19F3N6O2. The molecule has 0 spiro atoms. The molecule has 0 amide bonds. The number of allylic oxidation sites excluding steroid dienone is 1. The summed E-state index contributed by atoms with van der Waals surface area (Å²) in [5, 5.41) is 10.8. The molecule has 3 heterocycles. The molecule has 3 aromatic heterocycles. The number of nitrogens with one attached hydrogen (secondary N) is 1. The van der Waals surface area contributed by atoms with Crippen LogP contribution in [-0.4, -0.2) is 37.5 Å². The van der Waals surface area contributed by atoms with Gasteiger partial charge in [0.15, 0.2) is 0 Å². The zero-order chi connectivity index (χ0) is 22.4. The van der Waals surface area contributed by atoms with Crippen molar-refractivity contribution in [3.05, 3.63) is 59.9 Å². The summed E-state index contributed by atoms with van der Waals surface area (Å²) in [6.07, 6.45) is 1.15. The van der Waals surface area contributed by atoms with E-state index in [0.717, 1.165) is 23.9 Å². The number of ether oxygens (including phenoxy) is 1. The van der Waals surface area contributed by atoms with Crippen molar-refractivity contribution in [1.82, 2.24) is 25.0 Å². The molecule has 11 heteroatoms. The van der Waals surface area contributed by atoms with Gasteiger partial charge >= 0.3 is 12.1 Å². The molecule has 1 N–H and O–H groups in total. The molecule has 0 saturated carbocycles. The molecule has 0 bridgehead atoms. The highest BCUT2D eigenvalue weighted by Crippen LogP contribution is 2.30. The topological polar surface area (TPSA) is 94.8 Å². The van der Waals surface area contributed by atoms with Gasteiger partial charge in [0.1, 0.15) is 17.3 Å². The maximum Gasteiger partial charge on any atom is 0.416 e. The third kappa shape index (κ3) is 6.11. The molecule has 162 valence electrons. The summed E-state index contributed by atoms with van der Waals surface area (Å²) in [5.74, 6) is -0.104. The predicted molar refractivity (Wildman–Crippen MR) is 106 cm³/mol. The standard InChI is InChI=1S/C20H19F3N6O2/c1-3-31-19(30)5-4-8-29-12-16(27-28-29)15-9-13(2)10-18(25-15)26-17-11-14(6-7-24-17)20(21,22)23/h4-7,9-12H,3,8H2,1-2H3,(H,24,25,26)/b5-4+. The highest BCUT2D eigenvalue weighted by molar-refractivity contribution is 5.81. The fraction of sp³-hybridized carbons (Fsp3) is 0.250. The van der Waals surface area contributed by atoms with E-state index >= 15 is 0 Å². The van der Waals surface area contributed by atoms with Crippen molar-refractivity contribution in [2.24, 2.45) is 0 Å². The number of nitrogens with zero attached hydrogens (tertiary/aromatic N) is 5. The van der Waals surface area contributed by atoms with Crippen LogP contribution in [0.2, 0.25) is 0 Å². The third-order valence-corrected chi connectivity index (χ3v) is 3.95. The summed E-state index contributed by atoms with van der Waals surface area (Å²) in [5.41, 5.74) is 0.955. The second kappa shape index (κ2) is 9.37. The molecule has 0 radical (unpaired) electrons. The molecule has 0 aromatic carbocycles. The molecule has 0 fully saturated rings. The van der Waals surface area contributed by atoms with Gasteiger partial charge in [-0.25, -0.2) is 19.4 Å². The van der Waals surface area contributed by atoms with Crippen LogP contribution in [0.25, 0.3) is 11.4 Å². The van der Waals surface area contributed by atoms with Crippen molar-refractivity contribution in [3.63, 3.8) is 0 Å². The summed E-state index contributed by atoms with van der Waals surface area (Å²) in [6.45, 7) is 4.14. The number of aromatic nitrogens is 5. The maximum absolute atomic E-state index is 12.9. The van der Waals surface area contributed by atoms with E-state index in [2.05, 4.69) is 25.6 Å². The SMILES string of the molecule is CCOC(=O)/C=C/Cn1cc(-c2cc(C)cc(Nc3cc(C(F)(F)F)ccn3)n2)nn1. The summed E-state index contributed by atoms with van der Waals surface area (Å²) in [4.78, 5) is 19.6. The Kier molecular flexibility index (Phi) is 6.63. The van der Waals surface area contributed by atoms with Gasteiger partial charge in [0.05, 0.1) is 30.6 Å². The van der Waals surface area contributed by atoms with Crippen molar-refractivity contribution in [2.75, 3.05) is 11.9 Å². The molecule has 0 atom stereocenters. The van der Waals surface area contributed by atoms with Crippen molar-refractivity contribution in [3.8, 4) is 11.4 Å². The summed E-state index contributed by atoms with van der Waals surface area (Å²) < 4.78 is 45.0. The van der Waals surface area contributed by atoms with E-state index in [-0.39, 0.29) is 5.82 Å². The Hall–Kier alpha value is -3.76. The molecule has 0 aliphatic carbocycles. The number of anilines is 2. The monoisotopic (exact) mass is 432 g/mol. The highest BCUT2D eigenvalue weighted by atomic mass is 19.4. The van der Waals surface area contributed by atoms with Crippen LogP contribution in [0.1, 0.15) is 18.1 Å². The first-order valence-corrected chi connectivity index (χ1v) is 9.27. The van der Waals surface area contributed by atoms with Crippen LogP contribution in [-0.2, 0) is 22.3 Å². The van der Waals surface area contributed by atoms with Crippen LogP contribution in [0.4, 0.5) is 24.8 Å². The number of esters is 1. The minimum absolute atomic E-state index is 0.0200. The lowest BCUT2D eigenvalue weighted by Crippen LogP contribution is -2.06. The summed E-state index contributed by atoms with van der Waals surface area (Å²) in [6, 6.07) is 5.26. The third-order valence-electron chi connectivity index (χ3n) is 3.95. The van der Waals surface area contributed by atoms with Crippen LogP contribution in [0.15, 0.2) is 48.8 Å². The Bertz CT molecular complexity index is 1090. The van der Waals surface area contributed by atoms with Gasteiger partial charge in [-0.1, -0.05) is 11.3 Å². The molecule has 3 rings (SSSR count). The number of carbonyl (C=O) groups is 1. The fourth-order valence-corrected chi connectivity index (χ4v) is 2.62. The molecule has 0 saturated heterocycles. The summed E-state index contributed by atoms with van der Waals surface area (Å²) in [7, 11) is 0. The minimum Gasteiger partial charge on any atom is -0.463 e. The lowest BCUT2D eigenvalue weighted by atomic mass is 10.2.